The van der Waals surface area contributed by atoms with Crippen LogP contribution < -0.4 is 0 Å². The molecule has 0 bridgehead atoms. The molecule has 0 amide bonds. The molecule has 1 fully saturated rings. The molecule has 1 aromatic heterocycles. The molecule has 5 heteroatoms. The van der Waals surface area contributed by atoms with E-state index >= 15 is 0 Å². The van der Waals surface area contributed by atoms with Crippen molar-refractivity contribution in [3.63, 3.8) is 0 Å². The summed E-state index contributed by atoms with van der Waals surface area (Å²) in [6.07, 6.45) is 8.38. The van der Waals surface area contributed by atoms with Gasteiger partial charge >= 0.3 is 0 Å². The number of benzene rings is 2. The number of rotatable bonds is 5. The van der Waals surface area contributed by atoms with Crippen molar-refractivity contribution in [2.24, 2.45) is 5.41 Å². The van der Waals surface area contributed by atoms with E-state index in [-0.39, 0.29) is 5.41 Å². The summed E-state index contributed by atoms with van der Waals surface area (Å²) in [7, 11) is 0. The van der Waals surface area contributed by atoms with E-state index < -0.39 is 11.4 Å². The Kier molecular flexibility index (Phi) is 4.98. The standard InChI is InChI=1S/C27H26FN3O/c1-2-26-16-21-18-30-31(24-6-4-3-5-7-24)25(21)15-22(26)11-13-27(26,32)12-10-19-8-9-23(28)14-20(19)17-29/h3-9,14-15,18,32H,2,10-13,16H2,1H3/t26-,27-/m0/s1. The largest absolute Gasteiger partial charge is 0.389 e. The molecule has 162 valence electrons. The number of nitrogens with zero attached hydrogens (tertiary/aromatic N) is 3. The van der Waals surface area contributed by atoms with Gasteiger partial charge in [0.2, 0.25) is 0 Å². The normalized spacial score (nSPS) is 23.9. The predicted octanol–water partition coefficient (Wildman–Crippen LogP) is 5.38. The van der Waals surface area contributed by atoms with Gasteiger partial charge in [-0.3, -0.25) is 0 Å². The number of hydrogen-bond donors (Lipinski definition) is 1. The Balaban J connectivity index is 1.47. The lowest BCUT2D eigenvalue weighted by atomic mass is 9.63. The molecule has 2 aliphatic carbocycles. The van der Waals surface area contributed by atoms with Crippen LogP contribution in [-0.4, -0.2) is 20.5 Å². The van der Waals surface area contributed by atoms with Crippen LogP contribution in [0.5, 0.6) is 0 Å². The maximum atomic E-state index is 13.5. The third kappa shape index (κ3) is 3.10. The average Bonchev–Trinajstić information content (AvgIpc) is 3.36. The number of nitriles is 1. The van der Waals surface area contributed by atoms with E-state index in [1.165, 1.54) is 17.7 Å². The zero-order valence-electron chi connectivity index (χ0n) is 18.2. The van der Waals surface area contributed by atoms with Gasteiger partial charge in [0.25, 0.3) is 0 Å². The van der Waals surface area contributed by atoms with E-state index in [4.69, 9.17) is 0 Å². The number of aliphatic hydroxyl groups is 1. The second-order valence-electron chi connectivity index (χ2n) is 9.03. The second-order valence-corrected chi connectivity index (χ2v) is 9.03. The number of aromatic nitrogens is 2. The predicted molar refractivity (Wildman–Crippen MR) is 122 cm³/mol. The molecule has 2 aromatic carbocycles. The summed E-state index contributed by atoms with van der Waals surface area (Å²) in [5.74, 6) is -0.407. The number of fused-ring (bicyclic) bond motifs is 2. The molecule has 0 radical (unpaired) electrons. The Morgan fingerprint density at radius 3 is 2.78 bits per heavy atom. The van der Waals surface area contributed by atoms with Gasteiger partial charge in [0.05, 0.1) is 34.8 Å². The smallest absolute Gasteiger partial charge is 0.124 e. The van der Waals surface area contributed by atoms with Crippen molar-refractivity contribution in [2.45, 2.75) is 51.0 Å². The summed E-state index contributed by atoms with van der Waals surface area (Å²) in [6, 6.07) is 16.5. The van der Waals surface area contributed by atoms with Gasteiger partial charge in [-0.05, 0) is 80.0 Å². The Labute approximate surface area is 187 Å². The zero-order valence-corrected chi connectivity index (χ0v) is 18.2. The molecule has 0 saturated heterocycles. The average molecular weight is 428 g/mol. The van der Waals surface area contributed by atoms with Crippen molar-refractivity contribution in [1.82, 2.24) is 9.78 Å². The van der Waals surface area contributed by atoms with Crippen molar-refractivity contribution >= 4 is 6.08 Å². The van der Waals surface area contributed by atoms with Crippen LogP contribution >= 0.6 is 0 Å². The molecule has 32 heavy (non-hydrogen) atoms. The topological polar surface area (TPSA) is 61.8 Å². The Hall–Kier alpha value is -3.23. The summed E-state index contributed by atoms with van der Waals surface area (Å²) in [4.78, 5) is 0. The van der Waals surface area contributed by atoms with Crippen LogP contribution in [0.2, 0.25) is 0 Å². The maximum absolute atomic E-state index is 13.5. The van der Waals surface area contributed by atoms with Crippen molar-refractivity contribution in [3.05, 3.63) is 88.5 Å². The first kappa shape index (κ1) is 20.7. The van der Waals surface area contributed by atoms with E-state index in [1.807, 2.05) is 41.2 Å². The van der Waals surface area contributed by atoms with Crippen LogP contribution in [0, 0.1) is 22.6 Å². The monoisotopic (exact) mass is 427 g/mol. The summed E-state index contributed by atoms with van der Waals surface area (Å²) in [5, 5.41) is 26.0. The molecule has 1 saturated carbocycles. The lowest BCUT2D eigenvalue weighted by molar-refractivity contribution is -0.0568. The SMILES string of the molecule is CC[C@]12Cc3cnn(-c4ccccc4)c3C=C1CC[C@@]2(O)CCc1ccc(F)cc1C#N. The molecule has 2 aliphatic rings. The van der Waals surface area contributed by atoms with E-state index in [9.17, 15) is 14.8 Å². The van der Waals surface area contributed by atoms with Gasteiger partial charge in [0.1, 0.15) is 5.82 Å². The zero-order chi connectivity index (χ0) is 22.3. The van der Waals surface area contributed by atoms with Crippen LogP contribution in [0.15, 0.2) is 60.3 Å². The van der Waals surface area contributed by atoms with Crippen molar-refractivity contribution in [3.8, 4) is 11.8 Å². The van der Waals surface area contributed by atoms with Crippen molar-refractivity contribution in [2.75, 3.05) is 0 Å². The fourth-order valence-electron chi connectivity index (χ4n) is 5.81. The minimum Gasteiger partial charge on any atom is -0.389 e. The van der Waals surface area contributed by atoms with Gasteiger partial charge < -0.3 is 5.11 Å². The third-order valence-electron chi connectivity index (χ3n) is 7.61. The molecule has 4 nitrogen and oxygen atoms in total. The molecule has 1 heterocycles. The molecular formula is C27H26FN3O. The van der Waals surface area contributed by atoms with Crippen molar-refractivity contribution < 1.29 is 9.50 Å². The molecule has 2 atom stereocenters. The summed E-state index contributed by atoms with van der Waals surface area (Å²) >= 11 is 0. The molecule has 0 unspecified atom stereocenters. The first-order valence-electron chi connectivity index (χ1n) is 11.2. The van der Waals surface area contributed by atoms with Gasteiger partial charge in [0, 0.05) is 5.41 Å². The maximum Gasteiger partial charge on any atom is 0.124 e. The molecule has 5 rings (SSSR count). The van der Waals surface area contributed by atoms with E-state index in [0.717, 1.165) is 41.8 Å². The van der Waals surface area contributed by atoms with Crippen LogP contribution in [-0.2, 0) is 12.8 Å². The summed E-state index contributed by atoms with van der Waals surface area (Å²) in [5.41, 5.74) is 4.50. The second kappa shape index (κ2) is 7.72. The molecule has 0 spiro atoms. The number of halogens is 1. The summed E-state index contributed by atoms with van der Waals surface area (Å²) < 4.78 is 15.5. The van der Waals surface area contributed by atoms with Crippen LogP contribution in [0.1, 0.15) is 55.0 Å². The van der Waals surface area contributed by atoms with Gasteiger partial charge in [-0.15, -0.1) is 0 Å². The van der Waals surface area contributed by atoms with Crippen molar-refractivity contribution in [1.29, 1.82) is 5.26 Å². The minimum atomic E-state index is -0.874. The molecule has 0 aliphatic heterocycles. The van der Waals surface area contributed by atoms with Crippen LogP contribution in [0.25, 0.3) is 11.8 Å². The first-order valence-corrected chi connectivity index (χ1v) is 11.2. The molecule has 1 N–H and O–H groups in total. The van der Waals surface area contributed by atoms with Crippen LogP contribution in [0.3, 0.4) is 0 Å². The highest BCUT2D eigenvalue weighted by molar-refractivity contribution is 5.63. The van der Waals surface area contributed by atoms with Gasteiger partial charge in [0.15, 0.2) is 0 Å². The summed E-state index contributed by atoms with van der Waals surface area (Å²) in [6.45, 7) is 2.15. The number of para-hydroxylation sites is 1. The lowest BCUT2D eigenvalue weighted by Gasteiger charge is -2.45. The Bertz CT molecular complexity index is 1240. The number of hydrogen-bond acceptors (Lipinski definition) is 3. The number of aryl methyl sites for hydroxylation is 1. The Morgan fingerprint density at radius 1 is 1.22 bits per heavy atom. The molecular weight excluding hydrogens is 401 g/mol. The quantitative estimate of drug-likeness (QED) is 0.595. The first-order chi connectivity index (χ1) is 15.5. The Morgan fingerprint density at radius 2 is 2.03 bits per heavy atom. The highest BCUT2D eigenvalue weighted by atomic mass is 19.1. The van der Waals surface area contributed by atoms with Gasteiger partial charge in [-0.1, -0.05) is 36.8 Å². The van der Waals surface area contributed by atoms with Gasteiger partial charge in [-0.25, -0.2) is 9.07 Å². The van der Waals surface area contributed by atoms with E-state index in [0.29, 0.717) is 24.8 Å². The highest BCUT2D eigenvalue weighted by Gasteiger charge is 2.56. The van der Waals surface area contributed by atoms with E-state index in [1.54, 1.807) is 6.07 Å². The minimum absolute atomic E-state index is 0.336. The highest BCUT2D eigenvalue weighted by Crippen LogP contribution is 2.58. The third-order valence-corrected chi connectivity index (χ3v) is 7.61. The van der Waals surface area contributed by atoms with E-state index in [2.05, 4.69) is 24.2 Å². The fraction of sp³-hybridized carbons (Fsp3) is 0.333. The lowest BCUT2D eigenvalue weighted by Crippen LogP contribution is -2.47. The van der Waals surface area contributed by atoms with Crippen LogP contribution in [0.4, 0.5) is 4.39 Å². The fourth-order valence-corrected chi connectivity index (χ4v) is 5.81. The molecule has 3 aromatic rings. The van der Waals surface area contributed by atoms with Gasteiger partial charge in [-0.2, -0.15) is 10.4 Å².